The average molecular weight is 108 g/mol. The van der Waals surface area contributed by atoms with Crippen molar-refractivity contribution in [2.75, 3.05) is 13.7 Å². The third kappa shape index (κ3) is 5.36. The lowest BCUT2D eigenvalue weighted by Gasteiger charge is -1.92. The summed E-state index contributed by atoms with van der Waals surface area (Å²) in [5.41, 5.74) is 0. The first kappa shape index (κ1) is 6.36. The Morgan fingerprint density at radius 1 is 1.71 bits per heavy atom. The van der Waals surface area contributed by atoms with Crippen LogP contribution in [0.3, 0.4) is 0 Å². The van der Waals surface area contributed by atoms with Crippen LogP contribution in [-0.2, 0) is 14.3 Å². The fourth-order valence-corrected chi connectivity index (χ4v) is 0.107. The molecule has 3 nitrogen and oxygen atoms in total. The van der Waals surface area contributed by atoms with Gasteiger partial charge in [-0.2, -0.15) is 0 Å². The Bertz CT molecular complexity index is 47.4. The van der Waals surface area contributed by atoms with Gasteiger partial charge in [0.25, 0.3) is 6.47 Å². The third-order valence-corrected chi connectivity index (χ3v) is 0.297. The zero-order valence-corrected chi connectivity index (χ0v) is 3.59. The van der Waals surface area contributed by atoms with Crippen molar-refractivity contribution in [1.29, 1.82) is 0 Å². The molecule has 0 rings (SSSR count). The quantitative estimate of drug-likeness (QED) is 0.290. The summed E-state index contributed by atoms with van der Waals surface area (Å²) in [5.74, 6) is 0. The van der Waals surface area contributed by atoms with Gasteiger partial charge in [0.2, 0.25) is 0 Å². The highest BCUT2D eigenvalue weighted by Gasteiger charge is 1.78. The number of hydrogen-bond acceptors (Lipinski definition) is 3. The normalized spacial score (nSPS) is 8.14. The standard InChI is InChI=1S/C3H5FO3/c4-1-6-3-7-2-5/h2H,1,3H2. The van der Waals surface area contributed by atoms with Gasteiger partial charge in [-0.05, 0) is 0 Å². The maximum absolute atomic E-state index is 10.9. The molecule has 0 aliphatic rings. The van der Waals surface area contributed by atoms with Crippen LogP contribution in [0.4, 0.5) is 4.39 Å². The zero-order chi connectivity index (χ0) is 5.54. The molecule has 0 aliphatic heterocycles. The molecule has 0 heterocycles. The largest absolute Gasteiger partial charge is 0.441 e. The Labute approximate surface area is 40.0 Å². The molecule has 0 N–H and O–H groups in total. The molecule has 0 atom stereocenters. The van der Waals surface area contributed by atoms with Crippen LogP contribution in [0, 0.1) is 0 Å². The minimum Gasteiger partial charge on any atom is -0.441 e. The number of ether oxygens (including phenoxy) is 2. The number of hydrogen-bond donors (Lipinski definition) is 0. The van der Waals surface area contributed by atoms with Crippen LogP contribution < -0.4 is 0 Å². The van der Waals surface area contributed by atoms with Crippen LogP contribution in [0.2, 0.25) is 0 Å². The highest BCUT2D eigenvalue weighted by atomic mass is 19.1. The monoisotopic (exact) mass is 108 g/mol. The van der Waals surface area contributed by atoms with Crippen LogP contribution in [-0.4, -0.2) is 20.1 Å². The van der Waals surface area contributed by atoms with E-state index in [1.165, 1.54) is 0 Å². The van der Waals surface area contributed by atoms with Gasteiger partial charge < -0.3 is 9.47 Å². The maximum Gasteiger partial charge on any atom is 0.295 e. The predicted molar refractivity (Wildman–Crippen MR) is 19.1 cm³/mol. The Kier molecular flexibility index (Phi) is 4.87. The highest BCUT2D eigenvalue weighted by Crippen LogP contribution is 1.72. The first-order valence-electron chi connectivity index (χ1n) is 1.60. The molecule has 0 aromatic heterocycles. The van der Waals surface area contributed by atoms with E-state index in [0.717, 1.165) is 0 Å². The molecule has 0 aromatic carbocycles. The molecule has 0 amide bonds. The van der Waals surface area contributed by atoms with Crippen molar-refractivity contribution in [3.05, 3.63) is 0 Å². The van der Waals surface area contributed by atoms with Gasteiger partial charge in [-0.15, -0.1) is 0 Å². The summed E-state index contributed by atoms with van der Waals surface area (Å²) in [4.78, 5) is 9.26. The summed E-state index contributed by atoms with van der Waals surface area (Å²) in [6, 6.07) is 0. The molecule has 0 bridgehead atoms. The number of carbonyl (C=O) groups excluding carboxylic acids is 1. The lowest BCUT2D eigenvalue weighted by Crippen LogP contribution is -1.95. The van der Waals surface area contributed by atoms with Crippen LogP contribution in [0.5, 0.6) is 0 Å². The second-order valence-electron chi connectivity index (χ2n) is 0.694. The van der Waals surface area contributed by atoms with Gasteiger partial charge in [0.15, 0.2) is 13.7 Å². The highest BCUT2D eigenvalue weighted by molar-refractivity contribution is 5.36. The number of halogens is 1. The second kappa shape index (κ2) is 5.36. The molecule has 0 fully saturated rings. The van der Waals surface area contributed by atoms with Crippen molar-refractivity contribution in [3.63, 3.8) is 0 Å². The number of alkyl halides is 1. The van der Waals surface area contributed by atoms with Gasteiger partial charge in [-0.25, -0.2) is 4.39 Å². The fourth-order valence-electron chi connectivity index (χ4n) is 0.107. The van der Waals surface area contributed by atoms with Crippen molar-refractivity contribution < 1.29 is 18.7 Å². The summed E-state index contributed by atoms with van der Waals surface area (Å²) in [6.07, 6.45) is 0. The third-order valence-electron chi connectivity index (χ3n) is 0.297. The van der Waals surface area contributed by atoms with Gasteiger partial charge in [0.1, 0.15) is 0 Å². The van der Waals surface area contributed by atoms with E-state index in [2.05, 4.69) is 9.47 Å². The van der Waals surface area contributed by atoms with Crippen molar-refractivity contribution in [3.8, 4) is 0 Å². The average Bonchev–Trinajstić information content (AvgIpc) is 1.69. The van der Waals surface area contributed by atoms with E-state index >= 15 is 0 Å². The molecule has 42 valence electrons. The van der Waals surface area contributed by atoms with Crippen molar-refractivity contribution in [2.45, 2.75) is 0 Å². The second-order valence-corrected chi connectivity index (χ2v) is 0.694. The molecular formula is C3H5FO3. The van der Waals surface area contributed by atoms with Gasteiger partial charge >= 0.3 is 0 Å². The first-order valence-corrected chi connectivity index (χ1v) is 1.60. The molecule has 4 heteroatoms. The zero-order valence-electron chi connectivity index (χ0n) is 3.59. The van der Waals surface area contributed by atoms with Crippen molar-refractivity contribution in [2.24, 2.45) is 0 Å². The van der Waals surface area contributed by atoms with Crippen molar-refractivity contribution >= 4 is 6.47 Å². The molecule has 7 heavy (non-hydrogen) atoms. The van der Waals surface area contributed by atoms with Gasteiger partial charge in [0.05, 0.1) is 0 Å². The summed E-state index contributed by atoms with van der Waals surface area (Å²) < 4.78 is 18.8. The van der Waals surface area contributed by atoms with E-state index < -0.39 is 6.86 Å². The minimum absolute atomic E-state index is 0.190. The first-order chi connectivity index (χ1) is 3.41. The molecule has 0 aromatic rings. The fraction of sp³-hybridized carbons (Fsp3) is 0.667. The lowest BCUT2D eigenvalue weighted by molar-refractivity contribution is -0.144. The van der Waals surface area contributed by atoms with Crippen molar-refractivity contribution in [1.82, 2.24) is 0 Å². The van der Waals surface area contributed by atoms with Crippen LogP contribution in [0.15, 0.2) is 0 Å². The predicted octanol–water partition coefficient (Wildman–Crippen LogP) is 0.0605. The smallest absolute Gasteiger partial charge is 0.295 e. The number of rotatable bonds is 4. The van der Waals surface area contributed by atoms with E-state index in [1.54, 1.807) is 0 Å². The topological polar surface area (TPSA) is 35.5 Å². The van der Waals surface area contributed by atoms with Crippen LogP contribution in [0.1, 0.15) is 0 Å². The Morgan fingerprint density at radius 3 is 2.86 bits per heavy atom. The Balaban J connectivity index is 2.56. The summed E-state index contributed by atoms with van der Waals surface area (Å²) in [5, 5.41) is 0. The van der Waals surface area contributed by atoms with E-state index in [0.29, 0.717) is 0 Å². The van der Waals surface area contributed by atoms with Gasteiger partial charge in [0, 0.05) is 0 Å². The van der Waals surface area contributed by atoms with Gasteiger partial charge in [-0.1, -0.05) is 0 Å². The summed E-state index contributed by atoms with van der Waals surface area (Å²) >= 11 is 0. The van der Waals surface area contributed by atoms with E-state index in [9.17, 15) is 9.18 Å². The van der Waals surface area contributed by atoms with Crippen LogP contribution in [0.25, 0.3) is 0 Å². The lowest BCUT2D eigenvalue weighted by atomic mass is 11.3. The van der Waals surface area contributed by atoms with E-state index in [-0.39, 0.29) is 13.3 Å². The molecular weight excluding hydrogens is 103 g/mol. The Hall–Kier alpha value is -0.640. The molecule has 0 saturated heterocycles. The van der Waals surface area contributed by atoms with E-state index in [4.69, 9.17) is 0 Å². The summed E-state index contributed by atoms with van der Waals surface area (Å²) in [6.45, 7) is -1.04. The van der Waals surface area contributed by atoms with Gasteiger partial charge in [-0.3, -0.25) is 4.79 Å². The minimum atomic E-state index is -0.923. The SMILES string of the molecule is O=COCOCF. The Morgan fingerprint density at radius 2 is 2.43 bits per heavy atom. The molecule has 0 spiro atoms. The molecule has 0 radical (unpaired) electrons. The molecule has 0 saturated carbocycles. The van der Waals surface area contributed by atoms with Crippen LogP contribution >= 0.6 is 0 Å². The summed E-state index contributed by atoms with van der Waals surface area (Å²) in [7, 11) is 0. The molecule has 0 aliphatic carbocycles. The van der Waals surface area contributed by atoms with E-state index in [1.807, 2.05) is 0 Å². The maximum atomic E-state index is 10.9. The number of carbonyl (C=O) groups is 1. The molecule has 0 unspecified atom stereocenters.